The molecule has 0 amide bonds. The van der Waals surface area contributed by atoms with Crippen molar-refractivity contribution in [1.82, 2.24) is 9.80 Å². The first-order valence-electron chi connectivity index (χ1n) is 6.34. The van der Waals surface area contributed by atoms with Crippen LogP contribution < -0.4 is 0 Å². The van der Waals surface area contributed by atoms with E-state index in [9.17, 15) is 4.79 Å². The van der Waals surface area contributed by atoms with Crippen LogP contribution in [0.5, 0.6) is 0 Å². The zero-order valence-corrected chi connectivity index (χ0v) is 10.3. The highest BCUT2D eigenvalue weighted by Gasteiger charge is 2.34. The summed E-state index contributed by atoms with van der Waals surface area (Å²) in [6.07, 6.45) is 2.59. The van der Waals surface area contributed by atoms with Crippen LogP contribution in [0.15, 0.2) is 0 Å². The van der Waals surface area contributed by atoms with Gasteiger partial charge >= 0.3 is 5.97 Å². The van der Waals surface area contributed by atoms with Crippen LogP contribution >= 0.6 is 0 Å². The maximum atomic E-state index is 11.5. The van der Waals surface area contributed by atoms with Gasteiger partial charge < -0.3 is 4.74 Å². The first-order valence-corrected chi connectivity index (χ1v) is 6.34. The summed E-state index contributed by atoms with van der Waals surface area (Å²) in [5, 5.41) is 0. The van der Waals surface area contributed by atoms with Crippen molar-refractivity contribution in [3.05, 3.63) is 0 Å². The molecule has 92 valence electrons. The number of carbonyl (C=O) groups excluding carboxylic acids is 1. The molecule has 2 saturated heterocycles. The number of fused-ring (bicyclic) bond motifs is 1. The molecule has 2 unspecified atom stereocenters. The number of ether oxygens (including phenoxy) is 1. The van der Waals surface area contributed by atoms with Crippen LogP contribution in [-0.2, 0) is 9.53 Å². The Morgan fingerprint density at radius 2 is 2.25 bits per heavy atom. The zero-order chi connectivity index (χ0) is 11.5. The van der Waals surface area contributed by atoms with E-state index in [1.165, 1.54) is 19.4 Å². The van der Waals surface area contributed by atoms with Crippen LogP contribution in [0, 0.1) is 0 Å². The largest absolute Gasteiger partial charge is 0.465 e. The Balaban J connectivity index is 1.87. The van der Waals surface area contributed by atoms with E-state index < -0.39 is 0 Å². The molecule has 2 rings (SSSR count). The van der Waals surface area contributed by atoms with E-state index in [1.807, 2.05) is 6.92 Å². The molecule has 2 atom stereocenters. The Morgan fingerprint density at radius 3 is 3.00 bits per heavy atom. The molecule has 0 aromatic rings. The number of esters is 1. The standard InChI is InChI=1S/C12H22N2O2/c1-3-16-12(15)9-14-8-11-5-4-6-13(11)7-10(14)2/h10-11H,3-9H2,1-2H3. The Labute approximate surface area is 97.5 Å². The molecule has 2 heterocycles. The summed E-state index contributed by atoms with van der Waals surface area (Å²) in [4.78, 5) is 16.3. The highest BCUT2D eigenvalue weighted by molar-refractivity contribution is 5.71. The van der Waals surface area contributed by atoms with E-state index in [-0.39, 0.29) is 5.97 Å². The molecular weight excluding hydrogens is 204 g/mol. The lowest BCUT2D eigenvalue weighted by Crippen LogP contribution is -2.56. The summed E-state index contributed by atoms with van der Waals surface area (Å²) >= 11 is 0. The van der Waals surface area contributed by atoms with Crippen LogP contribution in [0.25, 0.3) is 0 Å². The molecule has 2 aliphatic heterocycles. The highest BCUT2D eigenvalue weighted by atomic mass is 16.5. The minimum atomic E-state index is -0.0826. The van der Waals surface area contributed by atoms with Gasteiger partial charge in [-0.3, -0.25) is 14.6 Å². The SMILES string of the molecule is CCOC(=O)CN1CC2CCCN2CC1C. The summed E-state index contributed by atoms with van der Waals surface area (Å²) in [6, 6.07) is 1.14. The van der Waals surface area contributed by atoms with Crippen molar-refractivity contribution in [2.24, 2.45) is 0 Å². The van der Waals surface area contributed by atoms with Crippen molar-refractivity contribution in [2.45, 2.75) is 38.8 Å². The summed E-state index contributed by atoms with van der Waals surface area (Å²) in [5.41, 5.74) is 0. The Bertz CT molecular complexity index is 257. The van der Waals surface area contributed by atoms with Gasteiger partial charge in [-0.05, 0) is 33.2 Å². The van der Waals surface area contributed by atoms with Gasteiger partial charge in [-0.25, -0.2) is 0 Å². The molecule has 16 heavy (non-hydrogen) atoms. The second-order valence-corrected chi connectivity index (χ2v) is 4.87. The number of piperazine rings is 1. The van der Waals surface area contributed by atoms with Gasteiger partial charge in [0.1, 0.15) is 0 Å². The maximum absolute atomic E-state index is 11.5. The number of carbonyl (C=O) groups is 1. The molecule has 0 N–H and O–H groups in total. The highest BCUT2D eigenvalue weighted by Crippen LogP contribution is 2.24. The fraction of sp³-hybridized carbons (Fsp3) is 0.917. The van der Waals surface area contributed by atoms with Crippen LogP contribution in [-0.4, -0.2) is 60.6 Å². The smallest absolute Gasteiger partial charge is 0.320 e. The van der Waals surface area contributed by atoms with Crippen molar-refractivity contribution in [1.29, 1.82) is 0 Å². The van der Waals surface area contributed by atoms with Gasteiger partial charge in [-0.2, -0.15) is 0 Å². The van der Waals surface area contributed by atoms with E-state index in [2.05, 4.69) is 16.7 Å². The number of rotatable bonds is 3. The summed E-state index contributed by atoms with van der Waals surface area (Å²) in [6.45, 7) is 8.37. The first-order chi connectivity index (χ1) is 7.70. The molecule has 0 bridgehead atoms. The van der Waals surface area contributed by atoms with Gasteiger partial charge in [0.25, 0.3) is 0 Å². The molecule has 0 spiro atoms. The zero-order valence-electron chi connectivity index (χ0n) is 10.3. The quantitative estimate of drug-likeness (QED) is 0.664. The summed E-state index contributed by atoms with van der Waals surface area (Å²) < 4.78 is 5.01. The normalized spacial score (nSPS) is 31.4. The lowest BCUT2D eigenvalue weighted by molar-refractivity contribution is -0.145. The van der Waals surface area contributed by atoms with Crippen LogP contribution in [0.1, 0.15) is 26.7 Å². The molecule has 0 radical (unpaired) electrons. The van der Waals surface area contributed by atoms with Gasteiger partial charge in [0, 0.05) is 25.2 Å². The molecule has 4 heteroatoms. The number of hydrogen-bond donors (Lipinski definition) is 0. The lowest BCUT2D eigenvalue weighted by atomic mass is 10.1. The molecule has 4 nitrogen and oxygen atoms in total. The average Bonchev–Trinajstić information content (AvgIpc) is 2.65. The summed E-state index contributed by atoms with van der Waals surface area (Å²) in [7, 11) is 0. The predicted molar refractivity (Wildman–Crippen MR) is 62.3 cm³/mol. The van der Waals surface area contributed by atoms with Gasteiger partial charge in [-0.1, -0.05) is 0 Å². The second kappa shape index (κ2) is 5.15. The van der Waals surface area contributed by atoms with E-state index in [4.69, 9.17) is 4.74 Å². The maximum Gasteiger partial charge on any atom is 0.320 e. The minimum absolute atomic E-state index is 0.0826. The molecule has 2 aliphatic rings. The molecule has 2 fully saturated rings. The third-order valence-corrected chi connectivity index (χ3v) is 3.70. The van der Waals surface area contributed by atoms with Crippen molar-refractivity contribution in [2.75, 3.05) is 32.8 Å². The number of hydrogen-bond acceptors (Lipinski definition) is 4. The number of nitrogens with zero attached hydrogens (tertiary/aromatic N) is 2. The molecule has 0 aromatic heterocycles. The van der Waals surface area contributed by atoms with Crippen molar-refractivity contribution in [3.63, 3.8) is 0 Å². The van der Waals surface area contributed by atoms with Crippen molar-refractivity contribution < 1.29 is 9.53 Å². The second-order valence-electron chi connectivity index (χ2n) is 4.87. The third-order valence-electron chi connectivity index (χ3n) is 3.70. The van der Waals surface area contributed by atoms with Crippen LogP contribution in [0.4, 0.5) is 0 Å². The van der Waals surface area contributed by atoms with E-state index >= 15 is 0 Å². The van der Waals surface area contributed by atoms with Crippen LogP contribution in [0.3, 0.4) is 0 Å². The van der Waals surface area contributed by atoms with E-state index in [0.29, 0.717) is 25.2 Å². The predicted octanol–water partition coefficient (Wildman–Crippen LogP) is 0.718. The monoisotopic (exact) mass is 226 g/mol. The Morgan fingerprint density at radius 1 is 1.44 bits per heavy atom. The Kier molecular flexibility index (Phi) is 3.82. The van der Waals surface area contributed by atoms with Crippen molar-refractivity contribution >= 4 is 5.97 Å². The average molecular weight is 226 g/mol. The fourth-order valence-corrected chi connectivity index (χ4v) is 2.84. The Hall–Kier alpha value is -0.610. The summed E-state index contributed by atoms with van der Waals surface area (Å²) in [5.74, 6) is -0.0826. The third kappa shape index (κ3) is 2.55. The van der Waals surface area contributed by atoms with Gasteiger partial charge in [0.15, 0.2) is 0 Å². The van der Waals surface area contributed by atoms with Gasteiger partial charge in [0.05, 0.1) is 13.2 Å². The topological polar surface area (TPSA) is 32.8 Å². The molecule has 0 aromatic carbocycles. The first kappa shape index (κ1) is 11.9. The van der Waals surface area contributed by atoms with Crippen LogP contribution in [0.2, 0.25) is 0 Å². The van der Waals surface area contributed by atoms with E-state index in [1.54, 1.807) is 0 Å². The molecule has 0 saturated carbocycles. The van der Waals surface area contributed by atoms with Gasteiger partial charge in [0.2, 0.25) is 0 Å². The van der Waals surface area contributed by atoms with Crippen molar-refractivity contribution in [3.8, 4) is 0 Å². The fourth-order valence-electron chi connectivity index (χ4n) is 2.84. The minimum Gasteiger partial charge on any atom is -0.465 e. The van der Waals surface area contributed by atoms with Gasteiger partial charge in [-0.15, -0.1) is 0 Å². The lowest BCUT2D eigenvalue weighted by Gasteiger charge is -2.41. The molecule has 0 aliphatic carbocycles. The van der Waals surface area contributed by atoms with E-state index in [0.717, 1.165) is 13.1 Å². The molecular formula is C12H22N2O2.